The maximum Gasteiger partial charge on any atom is 0.136 e. The number of fused-ring (bicyclic) bond motifs is 3. The number of aromatic nitrogens is 2. The maximum absolute atomic E-state index is 9.11. The lowest BCUT2D eigenvalue weighted by Crippen LogP contribution is -1.85. The van der Waals surface area contributed by atoms with Crippen LogP contribution < -0.4 is 0 Å². The third-order valence-corrected chi connectivity index (χ3v) is 4.84. The van der Waals surface area contributed by atoms with E-state index in [4.69, 9.17) is 14.9 Å². The molecule has 3 heterocycles. The van der Waals surface area contributed by atoms with E-state index in [1.807, 2.05) is 36.4 Å². The second kappa shape index (κ2) is 6.60. The molecule has 0 atom stereocenters. The van der Waals surface area contributed by atoms with Gasteiger partial charge in [0.15, 0.2) is 0 Å². The third-order valence-electron chi connectivity index (χ3n) is 4.84. The van der Waals surface area contributed by atoms with Crippen LogP contribution >= 0.6 is 0 Å². The van der Waals surface area contributed by atoms with E-state index in [9.17, 15) is 0 Å². The summed E-state index contributed by atoms with van der Waals surface area (Å²) in [6.07, 6.45) is 3.26. The third kappa shape index (κ3) is 2.88. The minimum atomic E-state index is 0.566. The number of furan rings is 1. The zero-order valence-electron chi connectivity index (χ0n) is 15.1. The summed E-state index contributed by atoms with van der Waals surface area (Å²) in [7, 11) is 0. The van der Waals surface area contributed by atoms with E-state index >= 15 is 0 Å². The summed E-state index contributed by atoms with van der Waals surface area (Å²) in [5.41, 5.74) is 5.85. The molecule has 0 aliphatic carbocycles. The molecule has 2 aromatic carbocycles. The van der Waals surface area contributed by atoms with Crippen molar-refractivity contribution in [3.8, 4) is 34.7 Å². The molecule has 0 aliphatic rings. The van der Waals surface area contributed by atoms with Crippen LogP contribution in [0.4, 0.5) is 0 Å². The predicted octanol–water partition coefficient (Wildman–Crippen LogP) is 5.45. The first-order valence-electron chi connectivity index (χ1n) is 8.94. The van der Waals surface area contributed by atoms with Gasteiger partial charge in [-0.15, -0.1) is 0 Å². The fraction of sp³-hybridized carbons (Fsp3) is 0. The Morgan fingerprint density at radius 1 is 0.621 bits per heavy atom. The fourth-order valence-corrected chi connectivity index (χ4v) is 3.41. The van der Waals surface area contributed by atoms with Crippen LogP contribution in [0.25, 0.3) is 44.5 Å². The van der Waals surface area contributed by atoms with Crippen LogP contribution in [-0.2, 0) is 0 Å². The van der Waals surface area contributed by atoms with Crippen molar-refractivity contribution in [2.24, 2.45) is 0 Å². The molecule has 5 rings (SSSR count). The van der Waals surface area contributed by atoms with Crippen LogP contribution in [0.3, 0.4) is 0 Å². The topological polar surface area (TPSA) is 86.5 Å². The molecule has 5 nitrogen and oxygen atoms in total. The molecule has 0 amide bonds. The molecule has 0 radical (unpaired) electrons. The number of pyridine rings is 2. The van der Waals surface area contributed by atoms with Crippen LogP contribution in [0.2, 0.25) is 0 Å². The van der Waals surface area contributed by atoms with Gasteiger partial charge in [0.2, 0.25) is 0 Å². The Hall–Kier alpha value is -4.48. The molecule has 0 fully saturated rings. The summed E-state index contributed by atoms with van der Waals surface area (Å²) in [6.45, 7) is 0. The monoisotopic (exact) mass is 372 g/mol. The zero-order valence-corrected chi connectivity index (χ0v) is 15.1. The van der Waals surface area contributed by atoms with Crippen LogP contribution in [-0.4, -0.2) is 9.97 Å². The van der Waals surface area contributed by atoms with Gasteiger partial charge in [0.25, 0.3) is 0 Å². The van der Waals surface area contributed by atoms with Gasteiger partial charge in [-0.3, -0.25) is 9.97 Å². The number of benzene rings is 2. The highest BCUT2D eigenvalue weighted by Gasteiger charge is 2.11. The Balaban J connectivity index is 1.63. The van der Waals surface area contributed by atoms with Crippen molar-refractivity contribution in [3.63, 3.8) is 0 Å². The highest BCUT2D eigenvalue weighted by atomic mass is 16.3. The Morgan fingerprint density at radius 2 is 1.10 bits per heavy atom. The summed E-state index contributed by atoms with van der Waals surface area (Å²) < 4.78 is 6.10. The van der Waals surface area contributed by atoms with E-state index in [2.05, 4.69) is 22.1 Å². The van der Waals surface area contributed by atoms with Gasteiger partial charge in [0.05, 0.1) is 34.7 Å². The molecule has 0 spiro atoms. The second-order valence-electron chi connectivity index (χ2n) is 6.61. The number of nitriles is 2. The Kier molecular flexibility index (Phi) is 3.79. The number of nitrogens with zero attached hydrogens (tertiary/aromatic N) is 4. The molecule has 0 unspecified atom stereocenters. The number of hydrogen-bond acceptors (Lipinski definition) is 5. The molecule has 0 N–H and O–H groups in total. The van der Waals surface area contributed by atoms with Gasteiger partial charge in [-0.05, 0) is 48.5 Å². The van der Waals surface area contributed by atoms with E-state index in [1.165, 1.54) is 0 Å². The summed E-state index contributed by atoms with van der Waals surface area (Å²) >= 11 is 0. The van der Waals surface area contributed by atoms with E-state index in [0.29, 0.717) is 11.1 Å². The van der Waals surface area contributed by atoms with E-state index in [0.717, 1.165) is 44.5 Å². The standard InChI is InChI=1S/C24H12N4O/c25-13-15-5-7-27-21(9-15)17-1-3-19-20-4-2-18(12-24(20)29-23(19)11-17)22-10-16(14-26)6-8-28-22/h1-12H. The van der Waals surface area contributed by atoms with Crippen LogP contribution in [0.1, 0.15) is 11.1 Å². The molecule has 0 aliphatic heterocycles. The predicted molar refractivity (Wildman–Crippen MR) is 110 cm³/mol. The lowest BCUT2D eigenvalue weighted by molar-refractivity contribution is 0.669. The van der Waals surface area contributed by atoms with Gasteiger partial charge in [-0.1, -0.05) is 12.1 Å². The second-order valence-corrected chi connectivity index (χ2v) is 6.61. The van der Waals surface area contributed by atoms with Gasteiger partial charge in [-0.2, -0.15) is 10.5 Å². The highest BCUT2D eigenvalue weighted by molar-refractivity contribution is 6.06. The molecule has 5 heteroatoms. The van der Waals surface area contributed by atoms with Crippen LogP contribution in [0, 0.1) is 22.7 Å². The Morgan fingerprint density at radius 3 is 1.55 bits per heavy atom. The largest absolute Gasteiger partial charge is 0.456 e. The lowest BCUT2D eigenvalue weighted by atomic mass is 10.0. The average molecular weight is 372 g/mol. The van der Waals surface area contributed by atoms with Crippen molar-refractivity contribution < 1.29 is 4.42 Å². The average Bonchev–Trinajstić information content (AvgIpc) is 3.16. The van der Waals surface area contributed by atoms with Gasteiger partial charge in [0, 0.05) is 34.3 Å². The minimum absolute atomic E-state index is 0.566. The van der Waals surface area contributed by atoms with Crippen molar-refractivity contribution in [1.29, 1.82) is 10.5 Å². The van der Waals surface area contributed by atoms with E-state index in [1.54, 1.807) is 36.7 Å². The van der Waals surface area contributed by atoms with Gasteiger partial charge < -0.3 is 4.42 Å². The Labute approximate surface area is 166 Å². The molecule has 0 saturated carbocycles. The fourth-order valence-electron chi connectivity index (χ4n) is 3.41. The minimum Gasteiger partial charge on any atom is -0.456 e. The summed E-state index contributed by atoms with van der Waals surface area (Å²) in [5.74, 6) is 0. The van der Waals surface area contributed by atoms with Crippen molar-refractivity contribution in [2.45, 2.75) is 0 Å². The Bertz CT molecular complexity index is 1370. The van der Waals surface area contributed by atoms with Crippen LogP contribution in [0.15, 0.2) is 77.5 Å². The smallest absolute Gasteiger partial charge is 0.136 e. The van der Waals surface area contributed by atoms with Crippen LogP contribution in [0.5, 0.6) is 0 Å². The molecule has 29 heavy (non-hydrogen) atoms. The zero-order chi connectivity index (χ0) is 19.8. The summed E-state index contributed by atoms with van der Waals surface area (Å²) in [6, 6.07) is 23.0. The quantitative estimate of drug-likeness (QED) is 0.411. The molecular weight excluding hydrogens is 360 g/mol. The molecular formula is C24H12N4O. The first-order valence-corrected chi connectivity index (χ1v) is 8.94. The molecule has 0 saturated heterocycles. The SMILES string of the molecule is N#Cc1ccnc(-c2ccc3c(c2)oc2cc(-c4cc(C#N)ccn4)ccc23)c1. The molecule has 134 valence electrons. The van der Waals surface area contributed by atoms with Gasteiger partial charge in [-0.25, -0.2) is 0 Å². The van der Waals surface area contributed by atoms with E-state index < -0.39 is 0 Å². The van der Waals surface area contributed by atoms with Gasteiger partial charge >= 0.3 is 0 Å². The van der Waals surface area contributed by atoms with Gasteiger partial charge in [0.1, 0.15) is 11.2 Å². The number of hydrogen-bond donors (Lipinski definition) is 0. The van der Waals surface area contributed by atoms with Crippen molar-refractivity contribution in [3.05, 3.63) is 84.2 Å². The first kappa shape index (κ1) is 16.7. The van der Waals surface area contributed by atoms with Crippen molar-refractivity contribution in [1.82, 2.24) is 9.97 Å². The number of rotatable bonds is 2. The van der Waals surface area contributed by atoms with E-state index in [-0.39, 0.29) is 0 Å². The normalized spacial score (nSPS) is 10.7. The van der Waals surface area contributed by atoms with Crippen molar-refractivity contribution in [2.75, 3.05) is 0 Å². The summed E-state index contributed by atoms with van der Waals surface area (Å²) in [4.78, 5) is 8.72. The molecule has 0 bridgehead atoms. The molecule has 5 aromatic rings. The lowest BCUT2D eigenvalue weighted by Gasteiger charge is -2.01. The highest BCUT2D eigenvalue weighted by Crippen LogP contribution is 2.34. The maximum atomic E-state index is 9.11. The first-order chi connectivity index (χ1) is 14.2. The summed E-state index contributed by atoms with van der Waals surface area (Å²) in [5, 5.41) is 20.2. The molecule has 3 aromatic heterocycles. The van der Waals surface area contributed by atoms with Crippen molar-refractivity contribution >= 4 is 21.9 Å².